The maximum atomic E-state index is 12.9. The van der Waals surface area contributed by atoms with E-state index in [-0.39, 0.29) is 27.3 Å². The fourth-order valence-corrected chi connectivity index (χ4v) is 5.23. The first-order chi connectivity index (χ1) is 14.5. The van der Waals surface area contributed by atoms with Crippen LogP contribution < -0.4 is 15.8 Å². The number of primary sulfonamides is 1. The lowest BCUT2D eigenvalue weighted by Gasteiger charge is -2.27. The number of ketones is 1. The Balaban J connectivity index is 1.40. The molecule has 31 heavy (non-hydrogen) atoms. The highest BCUT2D eigenvalue weighted by atomic mass is 35.5. The predicted molar refractivity (Wildman–Crippen MR) is 120 cm³/mol. The van der Waals surface area contributed by atoms with Crippen LogP contribution in [-0.2, 0) is 26.0 Å². The number of Topliss-reactive ketones (excluding diaryl/α,β-unsaturated/α-hetero) is 1. The molecule has 1 fully saturated rings. The number of nitrogens with one attached hydrogen (secondary N) is 2. The Morgan fingerprint density at radius 3 is 2.48 bits per heavy atom. The number of amides is 1. The van der Waals surface area contributed by atoms with Crippen LogP contribution in [0.25, 0.3) is 0 Å². The molecule has 3 unspecified atom stereocenters. The van der Waals surface area contributed by atoms with Crippen molar-refractivity contribution < 1.29 is 18.0 Å². The van der Waals surface area contributed by atoms with E-state index in [9.17, 15) is 18.0 Å². The van der Waals surface area contributed by atoms with Gasteiger partial charge in [0.05, 0.1) is 32.4 Å². The molecular weight excluding hydrogens is 485 g/mol. The molecule has 1 aliphatic heterocycles. The second-order valence-electron chi connectivity index (χ2n) is 7.68. The monoisotopic (exact) mass is 501 g/mol. The zero-order valence-corrected chi connectivity index (χ0v) is 19.1. The van der Waals surface area contributed by atoms with Crippen molar-refractivity contribution in [2.75, 3.05) is 10.6 Å². The van der Waals surface area contributed by atoms with E-state index in [4.69, 9.17) is 39.9 Å². The molecule has 1 saturated carbocycles. The number of hydrogen-bond donors (Lipinski definition) is 3. The number of fused-ring (bicyclic) bond motifs is 1. The fourth-order valence-electron chi connectivity index (χ4n) is 3.80. The summed E-state index contributed by atoms with van der Waals surface area (Å²) >= 11 is 18.4. The van der Waals surface area contributed by atoms with Crippen molar-refractivity contribution in [2.45, 2.75) is 30.2 Å². The highest BCUT2D eigenvalue weighted by Gasteiger charge is 2.50. The van der Waals surface area contributed by atoms with E-state index >= 15 is 0 Å². The van der Waals surface area contributed by atoms with Gasteiger partial charge in [-0.25, -0.2) is 13.6 Å². The summed E-state index contributed by atoms with van der Waals surface area (Å²) in [6.45, 7) is 0. The summed E-state index contributed by atoms with van der Waals surface area (Å²) in [5, 5.41) is 12.0. The maximum absolute atomic E-state index is 12.9. The van der Waals surface area contributed by atoms with E-state index in [1.54, 1.807) is 6.07 Å². The molecular formula is C20H18Cl3N3O4S. The number of halogens is 3. The third-order valence-corrected chi connectivity index (χ3v) is 7.26. The van der Waals surface area contributed by atoms with E-state index in [1.807, 2.05) is 6.07 Å². The molecule has 4 rings (SSSR count). The van der Waals surface area contributed by atoms with Crippen molar-refractivity contribution in [3.8, 4) is 0 Å². The van der Waals surface area contributed by atoms with Crippen LogP contribution in [0.2, 0.25) is 15.1 Å². The summed E-state index contributed by atoms with van der Waals surface area (Å²) in [5.74, 6) is -1.24. The Bertz CT molecular complexity index is 1200. The molecule has 11 heteroatoms. The van der Waals surface area contributed by atoms with Crippen LogP contribution in [0.4, 0.5) is 11.4 Å². The second-order valence-corrected chi connectivity index (χ2v) is 10.5. The molecule has 1 heterocycles. The van der Waals surface area contributed by atoms with Gasteiger partial charge in [-0.3, -0.25) is 9.59 Å². The van der Waals surface area contributed by atoms with Crippen LogP contribution in [0.15, 0.2) is 35.2 Å². The first-order valence-electron chi connectivity index (χ1n) is 9.46. The Labute approximate surface area is 194 Å². The normalized spacial score (nSPS) is 22.3. The Morgan fingerprint density at radius 2 is 1.81 bits per heavy atom. The van der Waals surface area contributed by atoms with E-state index in [1.165, 1.54) is 18.2 Å². The molecule has 4 N–H and O–H groups in total. The van der Waals surface area contributed by atoms with Gasteiger partial charge < -0.3 is 10.6 Å². The number of benzene rings is 2. The van der Waals surface area contributed by atoms with Crippen molar-refractivity contribution in [2.24, 2.45) is 17.0 Å². The standard InChI is InChI=1S/C20H18Cl3N3O4S/c21-10-5-9-1-3-17(25-18(9)15(23)6-10)19(27)12-8-13(12)20(28)26-16-4-2-11(7-14(16)22)31(24,29)30/h2,4-7,12-13,17,25H,1,3,8H2,(H,26,28)(H2,24,29,30). The number of anilines is 2. The number of aryl methyl sites for hydroxylation is 1. The molecule has 0 spiro atoms. The van der Waals surface area contributed by atoms with E-state index < -0.39 is 27.9 Å². The quantitative estimate of drug-likeness (QED) is 0.574. The van der Waals surface area contributed by atoms with Crippen molar-refractivity contribution in [1.82, 2.24) is 0 Å². The van der Waals surface area contributed by atoms with Crippen molar-refractivity contribution in [3.63, 3.8) is 0 Å². The molecule has 164 valence electrons. The molecule has 1 amide bonds. The van der Waals surface area contributed by atoms with Crippen LogP contribution in [-0.4, -0.2) is 26.2 Å². The van der Waals surface area contributed by atoms with Crippen molar-refractivity contribution in [1.29, 1.82) is 0 Å². The largest absolute Gasteiger partial charge is 0.374 e. The molecule has 0 aromatic heterocycles. The zero-order chi connectivity index (χ0) is 22.5. The van der Waals surface area contributed by atoms with Gasteiger partial charge in [-0.05, 0) is 55.2 Å². The Kier molecular flexibility index (Phi) is 5.95. The summed E-state index contributed by atoms with van der Waals surface area (Å²) in [6, 6.07) is 6.82. The molecule has 7 nitrogen and oxygen atoms in total. The molecule has 1 aliphatic carbocycles. The van der Waals surface area contributed by atoms with Crippen LogP contribution in [0.1, 0.15) is 18.4 Å². The summed E-state index contributed by atoms with van der Waals surface area (Å²) in [6.07, 6.45) is 1.69. The Morgan fingerprint density at radius 1 is 1.06 bits per heavy atom. The van der Waals surface area contributed by atoms with Gasteiger partial charge in [-0.2, -0.15) is 0 Å². The fraction of sp³-hybridized carbons (Fsp3) is 0.300. The second kappa shape index (κ2) is 8.26. The maximum Gasteiger partial charge on any atom is 0.238 e. The van der Waals surface area contributed by atoms with E-state index in [2.05, 4.69) is 10.6 Å². The molecule has 3 atom stereocenters. The van der Waals surface area contributed by atoms with Gasteiger partial charge in [0.25, 0.3) is 0 Å². The molecule has 2 aliphatic rings. The summed E-state index contributed by atoms with van der Waals surface area (Å²) < 4.78 is 22.8. The van der Waals surface area contributed by atoms with Crippen LogP contribution in [0, 0.1) is 11.8 Å². The summed E-state index contributed by atoms with van der Waals surface area (Å²) in [7, 11) is -3.90. The smallest absolute Gasteiger partial charge is 0.238 e. The Hall–Kier alpha value is -1.84. The van der Waals surface area contributed by atoms with Crippen molar-refractivity contribution in [3.05, 3.63) is 51.0 Å². The third kappa shape index (κ3) is 4.68. The van der Waals surface area contributed by atoms with Gasteiger partial charge in [-0.1, -0.05) is 34.8 Å². The van der Waals surface area contributed by atoms with Gasteiger partial charge >= 0.3 is 0 Å². The number of hydrogen-bond acceptors (Lipinski definition) is 5. The van der Waals surface area contributed by atoms with E-state index in [0.717, 1.165) is 5.56 Å². The summed E-state index contributed by atoms with van der Waals surface area (Å²) in [4.78, 5) is 25.3. The highest BCUT2D eigenvalue weighted by Crippen LogP contribution is 2.43. The average Bonchev–Trinajstić information content (AvgIpc) is 3.49. The lowest BCUT2D eigenvalue weighted by Crippen LogP contribution is -2.35. The first-order valence-corrected chi connectivity index (χ1v) is 12.1. The van der Waals surface area contributed by atoms with Gasteiger partial charge in [-0.15, -0.1) is 0 Å². The minimum atomic E-state index is -3.90. The SMILES string of the molecule is NS(=O)(=O)c1ccc(NC(=O)C2CC2C(=O)C2CCc3cc(Cl)cc(Cl)c3N2)c(Cl)c1. The van der Waals surface area contributed by atoms with Crippen LogP contribution in [0.5, 0.6) is 0 Å². The third-order valence-electron chi connectivity index (χ3n) is 5.52. The van der Waals surface area contributed by atoms with Gasteiger partial charge in [0.15, 0.2) is 5.78 Å². The molecule has 2 aromatic carbocycles. The lowest BCUT2D eigenvalue weighted by molar-refractivity contribution is -0.124. The number of carbonyl (C=O) groups is 2. The number of rotatable bonds is 5. The number of sulfonamides is 1. The average molecular weight is 503 g/mol. The molecule has 0 bridgehead atoms. The molecule has 2 aromatic rings. The first kappa shape index (κ1) is 22.4. The molecule has 0 radical (unpaired) electrons. The van der Waals surface area contributed by atoms with Gasteiger partial charge in [0, 0.05) is 16.9 Å². The number of carbonyl (C=O) groups excluding carboxylic acids is 2. The number of nitrogens with two attached hydrogens (primary N) is 1. The van der Waals surface area contributed by atoms with E-state index in [0.29, 0.717) is 35.0 Å². The van der Waals surface area contributed by atoms with Gasteiger partial charge in [0.1, 0.15) is 0 Å². The zero-order valence-electron chi connectivity index (χ0n) is 16.0. The van der Waals surface area contributed by atoms with Crippen LogP contribution in [0.3, 0.4) is 0 Å². The minimum Gasteiger partial charge on any atom is -0.374 e. The molecule has 0 saturated heterocycles. The topological polar surface area (TPSA) is 118 Å². The summed E-state index contributed by atoms with van der Waals surface area (Å²) in [5.41, 5.74) is 1.92. The van der Waals surface area contributed by atoms with Crippen molar-refractivity contribution >= 4 is 67.9 Å². The predicted octanol–water partition coefficient (Wildman–Crippen LogP) is 3.86. The lowest BCUT2D eigenvalue weighted by atomic mass is 9.93. The van der Waals surface area contributed by atoms with Crippen LogP contribution >= 0.6 is 34.8 Å². The minimum absolute atomic E-state index is 0.0347. The van der Waals surface area contributed by atoms with Gasteiger partial charge in [0.2, 0.25) is 15.9 Å². The highest BCUT2D eigenvalue weighted by molar-refractivity contribution is 7.89.